The van der Waals surface area contributed by atoms with Crippen molar-refractivity contribution in [3.8, 4) is 0 Å². The third-order valence-electron chi connectivity index (χ3n) is 5.12. The fourth-order valence-electron chi connectivity index (χ4n) is 3.42. The molecule has 3 aromatic carbocycles. The number of likely N-dealkylation sites (N-methyl/N-ethyl adjacent to an activating group) is 1. The van der Waals surface area contributed by atoms with Gasteiger partial charge in [0.1, 0.15) is 6.04 Å². The molecule has 0 aliphatic heterocycles. The summed E-state index contributed by atoms with van der Waals surface area (Å²) in [5.41, 5.74) is 3.11. The van der Waals surface area contributed by atoms with E-state index >= 15 is 0 Å². The highest BCUT2D eigenvalue weighted by Crippen LogP contribution is 2.19. The Balaban J connectivity index is 1.77. The van der Waals surface area contributed by atoms with Gasteiger partial charge >= 0.3 is 0 Å². The van der Waals surface area contributed by atoms with E-state index in [1.54, 1.807) is 11.9 Å². The lowest BCUT2D eigenvalue weighted by Crippen LogP contribution is -2.50. The van der Waals surface area contributed by atoms with E-state index in [-0.39, 0.29) is 17.6 Å². The number of carbonyl (C=O) groups is 2. The second kappa shape index (κ2) is 12.3. The largest absolute Gasteiger partial charge is 0.357 e. The molecule has 1 N–H and O–H groups in total. The second-order valence-corrected chi connectivity index (χ2v) is 8.87. The van der Waals surface area contributed by atoms with Crippen LogP contribution in [0.5, 0.6) is 0 Å². The highest BCUT2D eigenvalue weighted by Gasteiger charge is 2.29. The van der Waals surface area contributed by atoms with Gasteiger partial charge in [-0.1, -0.05) is 84.4 Å². The van der Waals surface area contributed by atoms with E-state index in [1.807, 2.05) is 84.9 Å². The molecule has 2 amide bonds. The maximum Gasteiger partial charge on any atom is 0.242 e. The fourth-order valence-corrected chi connectivity index (χ4v) is 4.42. The quantitative estimate of drug-likeness (QED) is 0.459. The van der Waals surface area contributed by atoms with E-state index in [9.17, 15) is 9.59 Å². The number of nitrogens with one attached hydrogen (secondary N) is 1. The molecule has 6 heteroatoms. The Hall–Kier alpha value is -2.76. The third kappa shape index (κ3) is 7.14. The zero-order chi connectivity index (χ0) is 22.8. The molecule has 0 saturated heterocycles. The van der Waals surface area contributed by atoms with Gasteiger partial charge in [0, 0.05) is 30.8 Å². The van der Waals surface area contributed by atoms with Crippen molar-refractivity contribution in [1.29, 1.82) is 0 Å². The van der Waals surface area contributed by atoms with Gasteiger partial charge in [-0.25, -0.2) is 0 Å². The molecule has 0 fully saturated rings. The van der Waals surface area contributed by atoms with Crippen LogP contribution >= 0.6 is 23.4 Å². The van der Waals surface area contributed by atoms with E-state index in [2.05, 4.69) is 5.32 Å². The van der Waals surface area contributed by atoms with E-state index in [0.717, 1.165) is 16.7 Å². The summed E-state index contributed by atoms with van der Waals surface area (Å²) in [5.74, 6) is 0.765. The summed E-state index contributed by atoms with van der Waals surface area (Å²) in [6.07, 6.45) is 0.459. The second-order valence-electron chi connectivity index (χ2n) is 7.45. The third-order valence-corrected chi connectivity index (χ3v) is 6.36. The van der Waals surface area contributed by atoms with Gasteiger partial charge in [-0.3, -0.25) is 9.59 Å². The molecule has 0 aliphatic rings. The van der Waals surface area contributed by atoms with Gasteiger partial charge in [-0.2, -0.15) is 0 Å². The standard InChI is InChI=1S/C26H27ClN2O2S/c1-28-26(31)24(16-20-8-4-2-5-9-20)29(17-21-10-6-3-7-11-21)25(30)19-32-18-22-12-14-23(27)15-13-22/h2-15,24H,16-19H2,1H3,(H,28,31)/t24-/m0/s1. The Labute approximate surface area is 199 Å². The van der Waals surface area contributed by atoms with Crippen molar-refractivity contribution in [3.63, 3.8) is 0 Å². The molecule has 0 aromatic heterocycles. The van der Waals surface area contributed by atoms with Gasteiger partial charge in [0.15, 0.2) is 0 Å². The molecule has 0 radical (unpaired) electrons. The van der Waals surface area contributed by atoms with Gasteiger partial charge in [0.25, 0.3) is 0 Å². The molecule has 0 saturated carbocycles. The number of carbonyl (C=O) groups excluding carboxylic acids is 2. The van der Waals surface area contributed by atoms with E-state index in [1.165, 1.54) is 11.8 Å². The first-order valence-corrected chi connectivity index (χ1v) is 12.0. The summed E-state index contributed by atoms with van der Waals surface area (Å²) in [7, 11) is 1.61. The number of rotatable bonds is 10. The summed E-state index contributed by atoms with van der Waals surface area (Å²) in [6, 6.07) is 26.6. The van der Waals surface area contributed by atoms with E-state index < -0.39 is 6.04 Å². The monoisotopic (exact) mass is 466 g/mol. The molecule has 4 nitrogen and oxygen atoms in total. The minimum atomic E-state index is -0.591. The molecule has 166 valence electrons. The normalized spacial score (nSPS) is 11.6. The van der Waals surface area contributed by atoms with Crippen molar-refractivity contribution in [2.45, 2.75) is 24.8 Å². The van der Waals surface area contributed by atoms with Gasteiger partial charge in [-0.05, 0) is 28.8 Å². The smallest absolute Gasteiger partial charge is 0.242 e. The Morgan fingerprint density at radius 3 is 2.06 bits per heavy atom. The zero-order valence-electron chi connectivity index (χ0n) is 18.0. The lowest BCUT2D eigenvalue weighted by Gasteiger charge is -2.31. The molecular formula is C26H27ClN2O2S. The molecule has 0 bridgehead atoms. The minimum absolute atomic E-state index is 0.0580. The average Bonchev–Trinajstić information content (AvgIpc) is 2.83. The average molecular weight is 467 g/mol. The minimum Gasteiger partial charge on any atom is -0.357 e. The maximum absolute atomic E-state index is 13.3. The summed E-state index contributed by atoms with van der Waals surface area (Å²) in [6.45, 7) is 0.381. The van der Waals surface area contributed by atoms with Crippen molar-refractivity contribution in [2.75, 3.05) is 12.8 Å². The van der Waals surface area contributed by atoms with Gasteiger partial charge < -0.3 is 10.2 Å². The molecule has 0 aliphatic carbocycles. The molecule has 0 spiro atoms. The zero-order valence-corrected chi connectivity index (χ0v) is 19.6. The number of benzene rings is 3. The van der Waals surface area contributed by atoms with E-state index in [0.29, 0.717) is 23.7 Å². The van der Waals surface area contributed by atoms with Crippen LogP contribution in [0.2, 0.25) is 5.02 Å². The molecule has 0 unspecified atom stereocenters. The summed E-state index contributed by atoms with van der Waals surface area (Å²) in [4.78, 5) is 27.9. The Morgan fingerprint density at radius 1 is 0.875 bits per heavy atom. The first-order valence-electron chi connectivity index (χ1n) is 10.5. The maximum atomic E-state index is 13.3. The van der Waals surface area contributed by atoms with Crippen LogP contribution in [-0.4, -0.2) is 35.6 Å². The summed E-state index contributed by atoms with van der Waals surface area (Å²) < 4.78 is 0. The Bertz CT molecular complexity index is 997. The number of amides is 2. The predicted octanol–water partition coefficient (Wildman–Crippen LogP) is 4.96. The van der Waals surface area contributed by atoms with Crippen molar-refractivity contribution in [3.05, 3.63) is 107 Å². The highest BCUT2D eigenvalue weighted by atomic mass is 35.5. The molecular weight excluding hydrogens is 440 g/mol. The van der Waals surface area contributed by atoms with Crippen LogP contribution in [0.3, 0.4) is 0 Å². The van der Waals surface area contributed by atoms with Crippen molar-refractivity contribution in [1.82, 2.24) is 10.2 Å². The van der Waals surface area contributed by atoms with Gasteiger partial charge in [-0.15, -0.1) is 11.8 Å². The predicted molar refractivity (Wildman–Crippen MR) is 133 cm³/mol. The molecule has 3 aromatic rings. The fraction of sp³-hybridized carbons (Fsp3) is 0.231. The van der Waals surface area contributed by atoms with Crippen LogP contribution < -0.4 is 5.32 Å². The number of hydrogen-bond acceptors (Lipinski definition) is 3. The van der Waals surface area contributed by atoms with Crippen LogP contribution in [0.15, 0.2) is 84.9 Å². The SMILES string of the molecule is CNC(=O)[C@H](Cc1ccccc1)N(Cc1ccccc1)C(=O)CSCc1ccc(Cl)cc1. The van der Waals surface area contributed by atoms with Crippen LogP contribution in [0.4, 0.5) is 0 Å². The molecule has 32 heavy (non-hydrogen) atoms. The molecule has 1 atom stereocenters. The van der Waals surface area contributed by atoms with Crippen molar-refractivity contribution >= 4 is 35.2 Å². The number of nitrogens with zero attached hydrogens (tertiary/aromatic N) is 1. The Morgan fingerprint density at radius 2 is 1.47 bits per heavy atom. The van der Waals surface area contributed by atoms with Crippen molar-refractivity contribution < 1.29 is 9.59 Å². The van der Waals surface area contributed by atoms with Crippen LogP contribution in [0.1, 0.15) is 16.7 Å². The topological polar surface area (TPSA) is 49.4 Å². The summed E-state index contributed by atoms with van der Waals surface area (Å²) >= 11 is 7.49. The van der Waals surface area contributed by atoms with Crippen LogP contribution in [0, 0.1) is 0 Å². The Kier molecular flexibility index (Phi) is 9.20. The first-order chi connectivity index (χ1) is 15.6. The summed E-state index contributed by atoms with van der Waals surface area (Å²) in [5, 5.41) is 3.43. The number of halogens is 1. The lowest BCUT2D eigenvalue weighted by molar-refractivity contribution is -0.139. The number of hydrogen-bond donors (Lipinski definition) is 1. The number of thioether (sulfide) groups is 1. The lowest BCUT2D eigenvalue weighted by atomic mass is 10.0. The van der Waals surface area contributed by atoms with Crippen LogP contribution in [-0.2, 0) is 28.3 Å². The highest BCUT2D eigenvalue weighted by molar-refractivity contribution is 7.99. The first kappa shape index (κ1) is 23.9. The van der Waals surface area contributed by atoms with E-state index in [4.69, 9.17) is 11.6 Å². The van der Waals surface area contributed by atoms with Gasteiger partial charge in [0.2, 0.25) is 11.8 Å². The van der Waals surface area contributed by atoms with Crippen molar-refractivity contribution in [2.24, 2.45) is 0 Å². The molecule has 3 rings (SSSR count). The van der Waals surface area contributed by atoms with Gasteiger partial charge in [0.05, 0.1) is 5.75 Å². The molecule has 0 heterocycles. The van der Waals surface area contributed by atoms with Crippen LogP contribution in [0.25, 0.3) is 0 Å².